The zero-order valence-electron chi connectivity index (χ0n) is 19.3. The SMILES string of the molecule is COc1cc(C(=O)O)c(F)cc1NS(=O)(=O)c1csc(-c2ccc(-c3ccc4c(c3)NCCO4)cc2)n1. The number of aromatic nitrogens is 1. The average Bonchev–Trinajstić information content (AvgIpc) is 3.40. The number of carboxylic acids is 1. The molecule has 3 aromatic carbocycles. The number of nitrogens with zero attached hydrogens (tertiary/aromatic N) is 1. The minimum Gasteiger partial charge on any atom is -0.495 e. The van der Waals surface area contributed by atoms with Gasteiger partial charge in [-0.05, 0) is 29.3 Å². The van der Waals surface area contributed by atoms with Crippen molar-refractivity contribution in [3.63, 3.8) is 0 Å². The van der Waals surface area contributed by atoms with Gasteiger partial charge in [-0.15, -0.1) is 11.3 Å². The number of hydrogen-bond acceptors (Lipinski definition) is 8. The first-order chi connectivity index (χ1) is 17.7. The van der Waals surface area contributed by atoms with Crippen LogP contribution < -0.4 is 19.5 Å². The Morgan fingerprint density at radius 2 is 1.86 bits per heavy atom. The number of anilines is 2. The Morgan fingerprint density at radius 3 is 2.59 bits per heavy atom. The normalized spacial score (nSPS) is 12.7. The van der Waals surface area contributed by atoms with Gasteiger partial charge in [0.05, 0.1) is 24.0 Å². The Balaban J connectivity index is 1.37. The second kappa shape index (κ2) is 9.71. The number of thiazole rings is 1. The van der Waals surface area contributed by atoms with Gasteiger partial charge in [-0.3, -0.25) is 4.72 Å². The maximum Gasteiger partial charge on any atom is 0.338 e. The van der Waals surface area contributed by atoms with Crippen LogP contribution in [0.5, 0.6) is 11.5 Å². The van der Waals surface area contributed by atoms with Crippen LogP contribution in [0.4, 0.5) is 15.8 Å². The smallest absolute Gasteiger partial charge is 0.338 e. The highest BCUT2D eigenvalue weighted by atomic mass is 32.2. The Labute approximate surface area is 215 Å². The Morgan fingerprint density at radius 1 is 1.14 bits per heavy atom. The molecule has 0 spiro atoms. The van der Waals surface area contributed by atoms with Crippen molar-refractivity contribution in [1.29, 1.82) is 0 Å². The van der Waals surface area contributed by atoms with E-state index >= 15 is 0 Å². The molecule has 0 saturated carbocycles. The van der Waals surface area contributed by atoms with Crippen LogP contribution in [0.1, 0.15) is 10.4 Å². The van der Waals surface area contributed by atoms with Crippen molar-refractivity contribution in [3.8, 4) is 33.2 Å². The van der Waals surface area contributed by atoms with Gasteiger partial charge in [0, 0.05) is 23.6 Å². The van der Waals surface area contributed by atoms with Crippen molar-refractivity contribution in [1.82, 2.24) is 4.98 Å². The zero-order chi connectivity index (χ0) is 26.2. The molecule has 0 aliphatic carbocycles. The highest BCUT2D eigenvalue weighted by molar-refractivity contribution is 7.92. The number of carbonyl (C=O) groups is 1. The van der Waals surface area contributed by atoms with Crippen LogP contribution in [0.3, 0.4) is 0 Å². The van der Waals surface area contributed by atoms with Crippen LogP contribution >= 0.6 is 11.3 Å². The molecule has 0 atom stereocenters. The number of halogens is 1. The molecule has 5 rings (SSSR count). The number of rotatable bonds is 7. The second-order valence-corrected chi connectivity index (χ2v) is 10.5. The number of sulfonamides is 1. The quantitative estimate of drug-likeness (QED) is 0.301. The van der Waals surface area contributed by atoms with E-state index in [-0.39, 0.29) is 16.5 Å². The third-order valence-corrected chi connectivity index (χ3v) is 7.93. The predicted molar refractivity (Wildman–Crippen MR) is 138 cm³/mol. The van der Waals surface area contributed by atoms with Crippen LogP contribution in [0.25, 0.3) is 21.7 Å². The molecule has 0 bridgehead atoms. The Hall–Kier alpha value is -4.16. The van der Waals surface area contributed by atoms with Crippen molar-refractivity contribution in [2.75, 3.05) is 30.3 Å². The molecule has 12 heteroatoms. The molecule has 1 aromatic heterocycles. The number of benzene rings is 3. The van der Waals surface area contributed by atoms with Crippen LogP contribution in [-0.2, 0) is 10.0 Å². The summed E-state index contributed by atoms with van der Waals surface area (Å²) < 4.78 is 52.9. The summed E-state index contributed by atoms with van der Waals surface area (Å²) in [5, 5.41) is 14.0. The molecule has 0 amide bonds. The van der Waals surface area contributed by atoms with E-state index in [4.69, 9.17) is 14.6 Å². The summed E-state index contributed by atoms with van der Waals surface area (Å²) in [5.41, 5.74) is 2.76. The van der Waals surface area contributed by atoms with E-state index in [9.17, 15) is 17.6 Å². The van der Waals surface area contributed by atoms with Gasteiger partial charge >= 0.3 is 5.97 Å². The number of methoxy groups -OCH3 is 1. The molecular weight excluding hydrogens is 521 g/mol. The van der Waals surface area contributed by atoms with Gasteiger partial charge in [-0.2, -0.15) is 8.42 Å². The zero-order valence-corrected chi connectivity index (χ0v) is 21.0. The van der Waals surface area contributed by atoms with Crippen molar-refractivity contribution in [2.24, 2.45) is 0 Å². The lowest BCUT2D eigenvalue weighted by Crippen LogP contribution is -2.17. The molecule has 0 saturated heterocycles. The van der Waals surface area contributed by atoms with E-state index in [1.54, 1.807) is 0 Å². The maximum absolute atomic E-state index is 14.2. The largest absolute Gasteiger partial charge is 0.495 e. The fourth-order valence-electron chi connectivity index (χ4n) is 3.80. The average molecular weight is 542 g/mol. The summed E-state index contributed by atoms with van der Waals surface area (Å²) in [6.07, 6.45) is 0. The maximum atomic E-state index is 14.2. The monoisotopic (exact) mass is 541 g/mol. The van der Waals surface area contributed by atoms with E-state index in [0.717, 1.165) is 58.1 Å². The first kappa shape index (κ1) is 24.5. The number of ether oxygens (including phenoxy) is 2. The Bertz CT molecular complexity index is 1600. The van der Waals surface area contributed by atoms with E-state index in [0.29, 0.717) is 11.6 Å². The lowest BCUT2D eigenvalue weighted by Gasteiger charge is -2.19. The number of carboxylic acid groups (broad SMARTS) is 1. The topological polar surface area (TPSA) is 127 Å². The van der Waals surface area contributed by atoms with Crippen molar-refractivity contribution < 1.29 is 32.2 Å². The Kier molecular flexibility index (Phi) is 6.44. The lowest BCUT2D eigenvalue weighted by molar-refractivity contribution is 0.0691. The lowest BCUT2D eigenvalue weighted by atomic mass is 10.0. The molecule has 1 aliphatic rings. The van der Waals surface area contributed by atoms with Crippen molar-refractivity contribution in [2.45, 2.75) is 5.03 Å². The van der Waals surface area contributed by atoms with Gasteiger partial charge in [-0.1, -0.05) is 30.3 Å². The summed E-state index contributed by atoms with van der Waals surface area (Å²) in [4.78, 5) is 15.4. The number of fused-ring (bicyclic) bond motifs is 1. The molecule has 9 nitrogen and oxygen atoms in total. The van der Waals surface area contributed by atoms with E-state index in [1.165, 1.54) is 12.5 Å². The standard InChI is InChI=1S/C25H20FN3O6S2/c1-34-22-11-17(25(30)31)18(26)12-20(22)29-37(32,33)23-13-36-24(28-23)15-4-2-14(3-5-15)16-6-7-21-19(10-16)27-8-9-35-21/h2-7,10-13,27,29H,8-9H2,1H3,(H,30,31). The first-order valence-corrected chi connectivity index (χ1v) is 13.3. The van der Waals surface area contributed by atoms with Crippen LogP contribution in [0.15, 0.2) is 65.0 Å². The fraction of sp³-hybridized carbons (Fsp3) is 0.120. The molecule has 0 unspecified atom stereocenters. The summed E-state index contributed by atoms with van der Waals surface area (Å²) in [6, 6.07) is 15.1. The molecule has 1 aliphatic heterocycles. The first-order valence-electron chi connectivity index (χ1n) is 11.0. The van der Waals surface area contributed by atoms with Crippen molar-refractivity contribution in [3.05, 3.63) is 71.4 Å². The van der Waals surface area contributed by atoms with E-state index in [2.05, 4.69) is 15.0 Å². The third kappa shape index (κ3) is 4.93. The van der Waals surface area contributed by atoms with Crippen LogP contribution in [0.2, 0.25) is 0 Å². The molecule has 2 heterocycles. The number of aromatic carboxylic acids is 1. The number of nitrogens with one attached hydrogen (secondary N) is 2. The van der Waals surface area contributed by atoms with Gasteiger partial charge in [-0.25, -0.2) is 14.2 Å². The highest BCUT2D eigenvalue weighted by Crippen LogP contribution is 2.35. The summed E-state index contributed by atoms with van der Waals surface area (Å²) in [6.45, 7) is 1.37. The summed E-state index contributed by atoms with van der Waals surface area (Å²) >= 11 is 1.14. The minimum absolute atomic E-state index is 0.141. The van der Waals surface area contributed by atoms with Gasteiger partial charge in [0.25, 0.3) is 10.0 Å². The highest BCUT2D eigenvalue weighted by Gasteiger charge is 2.23. The molecule has 3 N–H and O–H groups in total. The summed E-state index contributed by atoms with van der Waals surface area (Å²) in [7, 11) is -2.99. The molecular formula is C25H20FN3O6S2. The fourth-order valence-corrected chi connectivity index (χ4v) is 5.97. The van der Waals surface area contributed by atoms with E-state index < -0.39 is 27.4 Å². The van der Waals surface area contributed by atoms with Gasteiger partial charge in [0.15, 0.2) is 5.03 Å². The molecule has 0 fully saturated rings. The molecule has 37 heavy (non-hydrogen) atoms. The minimum atomic E-state index is -4.21. The van der Waals surface area contributed by atoms with Gasteiger partial charge in [0.1, 0.15) is 28.9 Å². The van der Waals surface area contributed by atoms with Crippen LogP contribution in [-0.4, -0.2) is 44.7 Å². The predicted octanol–water partition coefficient (Wildman–Crippen LogP) is 4.93. The second-order valence-electron chi connectivity index (χ2n) is 8.00. The molecule has 4 aromatic rings. The van der Waals surface area contributed by atoms with Gasteiger partial charge < -0.3 is 19.9 Å². The third-order valence-electron chi connectivity index (χ3n) is 5.64. The summed E-state index contributed by atoms with van der Waals surface area (Å²) in [5.74, 6) is -1.93. The van der Waals surface area contributed by atoms with Crippen LogP contribution in [0, 0.1) is 5.82 Å². The molecule has 0 radical (unpaired) electrons. The number of hydrogen-bond donors (Lipinski definition) is 3. The molecule has 190 valence electrons. The van der Waals surface area contributed by atoms with E-state index in [1.807, 2.05) is 42.5 Å². The van der Waals surface area contributed by atoms with Gasteiger partial charge in [0.2, 0.25) is 0 Å². The van der Waals surface area contributed by atoms with Crippen molar-refractivity contribution >= 4 is 38.7 Å².